The van der Waals surface area contributed by atoms with Gasteiger partial charge in [-0.25, -0.2) is 13.1 Å². The van der Waals surface area contributed by atoms with Crippen LogP contribution < -0.4 is 10.0 Å². The van der Waals surface area contributed by atoms with E-state index >= 15 is 0 Å². The average Bonchev–Trinajstić information content (AvgIpc) is 2.61. The Morgan fingerprint density at radius 2 is 1.60 bits per heavy atom. The Balaban J connectivity index is 1.99. The fourth-order valence-electron chi connectivity index (χ4n) is 2.73. The fourth-order valence-corrected chi connectivity index (χ4v) is 3.94. The zero-order valence-corrected chi connectivity index (χ0v) is 16.2. The molecule has 1 atom stereocenters. The Kier molecular flexibility index (Phi) is 6.38. The van der Waals surface area contributed by atoms with Crippen LogP contribution in [0.15, 0.2) is 59.5 Å². The molecule has 2 aromatic rings. The SMILES string of the molecule is CCc1ccc(S(=O)(=O)NCC(C)(C)NC(C)c2ccccc2)cc1. The monoisotopic (exact) mass is 360 g/mol. The summed E-state index contributed by atoms with van der Waals surface area (Å²) in [5, 5.41) is 3.49. The largest absolute Gasteiger partial charge is 0.304 e. The van der Waals surface area contributed by atoms with E-state index in [-0.39, 0.29) is 11.6 Å². The minimum Gasteiger partial charge on any atom is -0.304 e. The molecule has 0 spiro atoms. The van der Waals surface area contributed by atoms with Crippen LogP contribution in [0.4, 0.5) is 0 Å². The van der Waals surface area contributed by atoms with Gasteiger partial charge in [-0.2, -0.15) is 0 Å². The van der Waals surface area contributed by atoms with Crippen molar-refractivity contribution in [3.8, 4) is 0 Å². The highest BCUT2D eigenvalue weighted by molar-refractivity contribution is 7.89. The number of rotatable bonds is 8. The minimum absolute atomic E-state index is 0.129. The molecule has 2 N–H and O–H groups in total. The molecule has 0 heterocycles. The zero-order chi connectivity index (χ0) is 18.5. The van der Waals surface area contributed by atoms with Crippen molar-refractivity contribution in [2.75, 3.05) is 6.54 Å². The van der Waals surface area contributed by atoms with E-state index in [0.717, 1.165) is 12.0 Å². The molecule has 0 fully saturated rings. The van der Waals surface area contributed by atoms with Crippen LogP contribution in [0.5, 0.6) is 0 Å². The van der Waals surface area contributed by atoms with Crippen LogP contribution in [-0.2, 0) is 16.4 Å². The molecule has 2 rings (SSSR count). The number of sulfonamides is 1. The average molecular weight is 361 g/mol. The number of nitrogens with one attached hydrogen (secondary N) is 2. The predicted octanol–water partition coefficient (Wildman–Crippen LogP) is 3.66. The summed E-state index contributed by atoms with van der Waals surface area (Å²) in [5.41, 5.74) is 1.91. The molecule has 5 heteroatoms. The number of benzene rings is 2. The predicted molar refractivity (Wildman–Crippen MR) is 103 cm³/mol. The van der Waals surface area contributed by atoms with Crippen molar-refractivity contribution in [2.45, 2.75) is 50.6 Å². The summed E-state index contributed by atoms with van der Waals surface area (Å²) in [6, 6.07) is 17.3. The van der Waals surface area contributed by atoms with E-state index in [9.17, 15) is 8.42 Å². The molecule has 0 bridgehead atoms. The first kappa shape index (κ1) is 19.6. The Morgan fingerprint density at radius 3 is 2.16 bits per heavy atom. The maximum Gasteiger partial charge on any atom is 0.240 e. The Hall–Kier alpha value is -1.69. The summed E-state index contributed by atoms with van der Waals surface area (Å²) in [4.78, 5) is 0.302. The third-order valence-electron chi connectivity index (χ3n) is 4.25. The van der Waals surface area contributed by atoms with Gasteiger partial charge in [-0.05, 0) is 50.5 Å². The molecule has 4 nitrogen and oxygen atoms in total. The van der Waals surface area contributed by atoms with Crippen molar-refractivity contribution in [3.63, 3.8) is 0 Å². The summed E-state index contributed by atoms with van der Waals surface area (Å²) < 4.78 is 27.7. The van der Waals surface area contributed by atoms with E-state index in [0.29, 0.717) is 11.4 Å². The smallest absolute Gasteiger partial charge is 0.240 e. The Morgan fingerprint density at radius 1 is 1.00 bits per heavy atom. The van der Waals surface area contributed by atoms with Gasteiger partial charge in [-0.1, -0.05) is 49.4 Å². The van der Waals surface area contributed by atoms with Crippen molar-refractivity contribution >= 4 is 10.0 Å². The van der Waals surface area contributed by atoms with Crippen molar-refractivity contribution in [1.29, 1.82) is 0 Å². The summed E-state index contributed by atoms with van der Waals surface area (Å²) in [5.74, 6) is 0. The normalized spacial score (nSPS) is 13.6. The van der Waals surface area contributed by atoms with E-state index in [1.165, 1.54) is 5.56 Å². The summed E-state index contributed by atoms with van der Waals surface area (Å²) >= 11 is 0. The quantitative estimate of drug-likeness (QED) is 0.755. The molecule has 25 heavy (non-hydrogen) atoms. The van der Waals surface area contributed by atoms with E-state index in [4.69, 9.17) is 0 Å². The standard InChI is InChI=1S/C20H28N2O2S/c1-5-17-11-13-19(14-12-17)25(23,24)21-15-20(3,4)22-16(2)18-9-7-6-8-10-18/h6-14,16,21-22H,5,15H2,1-4H3. The molecule has 0 amide bonds. The highest BCUT2D eigenvalue weighted by Crippen LogP contribution is 2.17. The third-order valence-corrected chi connectivity index (χ3v) is 5.67. The summed E-state index contributed by atoms with van der Waals surface area (Å²) in [6.07, 6.45) is 0.891. The maximum absolute atomic E-state index is 12.5. The first-order valence-corrected chi connectivity index (χ1v) is 10.1. The molecule has 0 aromatic heterocycles. The van der Waals surface area contributed by atoms with Crippen LogP contribution in [0.2, 0.25) is 0 Å². The van der Waals surface area contributed by atoms with Crippen molar-refractivity contribution in [1.82, 2.24) is 10.0 Å². The third kappa shape index (κ3) is 5.66. The van der Waals surface area contributed by atoms with E-state index < -0.39 is 10.0 Å². The zero-order valence-electron chi connectivity index (χ0n) is 15.4. The highest BCUT2D eigenvalue weighted by atomic mass is 32.2. The Labute approximate surface area is 151 Å². The van der Waals surface area contributed by atoms with E-state index in [1.54, 1.807) is 12.1 Å². The molecule has 2 aromatic carbocycles. The van der Waals surface area contributed by atoms with Crippen molar-refractivity contribution < 1.29 is 8.42 Å². The highest BCUT2D eigenvalue weighted by Gasteiger charge is 2.24. The van der Waals surface area contributed by atoms with Crippen molar-refractivity contribution in [3.05, 3.63) is 65.7 Å². The number of aryl methyl sites for hydroxylation is 1. The number of hydrogen-bond donors (Lipinski definition) is 2. The van der Waals surface area contributed by atoms with Gasteiger partial charge < -0.3 is 5.32 Å². The van der Waals surface area contributed by atoms with Gasteiger partial charge in [0.25, 0.3) is 0 Å². The molecule has 0 aliphatic carbocycles. The molecule has 0 saturated heterocycles. The van der Waals surface area contributed by atoms with Gasteiger partial charge in [0.15, 0.2) is 0 Å². The molecule has 0 saturated carbocycles. The second-order valence-corrected chi connectivity index (χ2v) is 8.75. The molecule has 0 aliphatic rings. The number of hydrogen-bond acceptors (Lipinski definition) is 3. The van der Waals surface area contributed by atoms with Crippen molar-refractivity contribution in [2.24, 2.45) is 0 Å². The topological polar surface area (TPSA) is 58.2 Å². The van der Waals surface area contributed by atoms with Crippen LogP contribution in [-0.4, -0.2) is 20.5 Å². The second-order valence-electron chi connectivity index (χ2n) is 6.98. The van der Waals surface area contributed by atoms with Gasteiger partial charge >= 0.3 is 0 Å². The lowest BCUT2D eigenvalue weighted by molar-refractivity contribution is 0.346. The van der Waals surface area contributed by atoms with Crippen LogP contribution in [0.3, 0.4) is 0 Å². The lowest BCUT2D eigenvalue weighted by Gasteiger charge is -2.30. The minimum atomic E-state index is -3.51. The fraction of sp³-hybridized carbons (Fsp3) is 0.400. The molecule has 0 radical (unpaired) electrons. The second kappa shape index (κ2) is 8.13. The maximum atomic E-state index is 12.5. The summed E-state index contributed by atoms with van der Waals surface area (Å²) in [6.45, 7) is 8.42. The van der Waals surface area contributed by atoms with Gasteiger partial charge in [0.1, 0.15) is 0 Å². The molecule has 136 valence electrons. The first-order chi connectivity index (χ1) is 11.7. The molecular weight excluding hydrogens is 332 g/mol. The van der Waals surface area contributed by atoms with Crippen LogP contribution in [0.1, 0.15) is 44.9 Å². The van der Waals surface area contributed by atoms with Gasteiger partial charge in [-0.3, -0.25) is 0 Å². The Bertz CT molecular complexity index is 769. The molecular formula is C20H28N2O2S. The first-order valence-electron chi connectivity index (χ1n) is 8.65. The molecule has 1 unspecified atom stereocenters. The van der Waals surface area contributed by atoms with Gasteiger partial charge in [0.2, 0.25) is 10.0 Å². The lowest BCUT2D eigenvalue weighted by atomic mass is 10.0. The van der Waals surface area contributed by atoms with Gasteiger partial charge in [-0.15, -0.1) is 0 Å². The van der Waals surface area contributed by atoms with Crippen LogP contribution in [0.25, 0.3) is 0 Å². The van der Waals surface area contributed by atoms with Crippen LogP contribution in [0, 0.1) is 0 Å². The van der Waals surface area contributed by atoms with Crippen LogP contribution >= 0.6 is 0 Å². The van der Waals surface area contributed by atoms with E-state index in [2.05, 4.69) is 29.1 Å². The van der Waals surface area contributed by atoms with E-state index in [1.807, 2.05) is 51.1 Å². The van der Waals surface area contributed by atoms with Gasteiger partial charge in [0, 0.05) is 18.1 Å². The summed E-state index contributed by atoms with van der Waals surface area (Å²) in [7, 11) is -3.51. The lowest BCUT2D eigenvalue weighted by Crippen LogP contribution is -2.49. The molecule has 0 aliphatic heterocycles. The van der Waals surface area contributed by atoms with Gasteiger partial charge in [0.05, 0.1) is 4.90 Å².